The Hall–Kier alpha value is -2.15. The van der Waals surface area contributed by atoms with Crippen LogP contribution in [-0.2, 0) is 6.61 Å². The molecule has 0 bridgehead atoms. The van der Waals surface area contributed by atoms with Crippen LogP contribution in [0.3, 0.4) is 0 Å². The van der Waals surface area contributed by atoms with Crippen molar-refractivity contribution in [3.8, 4) is 5.75 Å². The monoisotopic (exact) mass is 354 g/mol. The van der Waals surface area contributed by atoms with Crippen molar-refractivity contribution in [3.63, 3.8) is 0 Å². The van der Waals surface area contributed by atoms with Gasteiger partial charge in [-0.3, -0.25) is 10.1 Å². The quantitative estimate of drug-likeness (QED) is 0.647. The SMILES string of the molecule is CNc1c(COc2ccc(Br)cc2F)cccc1[N+](=O)[O-]. The number of anilines is 1. The summed E-state index contributed by atoms with van der Waals surface area (Å²) in [5.74, 6) is -0.410. The fourth-order valence-corrected chi connectivity index (χ4v) is 2.23. The van der Waals surface area contributed by atoms with Gasteiger partial charge in [0.25, 0.3) is 5.69 Å². The molecule has 0 unspecified atom stereocenters. The molecule has 0 saturated heterocycles. The van der Waals surface area contributed by atoms with E-state index in [0.29, 0.717) is 15.7 Å². The second kappa shape index (κ2) is 6.53. The first kappa shape index (κ1) is 15.2. The number of nitro groups is 1. The largest absolute Gasteiger partial charge is 0.486 e. The zero-order valence-electron chi connectivity index (χ0n) is 11.1. The van der Waals surface area contributed by atoms with Crippen molar-refractivity contribution in [1.29, 1.82) is 0 Å². The van der Waals surface area contributed by atoms with E-state index >= 15 is 0 Å². The van der Waals surface area contributed by atoms with E-state index in [-0.39, 0.29) is 18.0 Å². The number of nitrogens with zero attached hydrogens (tertiary/aromatic N) is 1. The van der Waals surface area contributed by atoms with Gasteiger partial charge < -0.3 is 10.1 Å². The summed E-state index contributed by atoms with van der Waals surface area (Å²) in [5.41, 5.74) is 0.893. The predicted molar refractivity (Wildman–Crippen MR) is 81.1 cm³/mol. The van der Waals surface area contributed by atoms with Crippen LogP contribution in [0, 0.1) is 15.9 Å². The number of halogens is 2. The van der Waals surface area contributed by atoms with Gasteiger partial charge in [0.1, 0.15) is 12.3 Å². The maximum absolute atomic E-state index is 13.7. The number of rotatable bonds is 5. The molecule has 2 rings (SSSR count). The van der Waals surface area contributed by atoms with Crippen molar-refractivity contribution >= 4 is 27.3 Å². The Morgan fingerprint density at radius 2 is 2.14 bits per heavy atom. The number of hydrogen-bond donors (Lipinski definition) is 1. The number of ether oxygens (including phenoxy) is 1. The van der Waals surface area contributed by atoms with Crippen molar-refractivity contribution in [2.75, 3.05) is 12.4 Å². The molecule has 0 aromatic heterocycles. The first-order chi connectivity index (χ1) is 10.0. The van der Waals surface area contributed by atoms with Crippen LogP contribution in [0.25, 0.3) is 0 Å². The second-order valence-electron chi connectivity index (χ2n) is 4.18. The summed E-state index contributed by atoms with van der Waals surface area (Å²) in [6, 6.07) is 9.10. The third-order valence-electron chi connectivity index (χ3n) is 2.85. The summed E-state index contributed by atoms with van der Waals surface area (Å²) in [4.78, 5) is 10.5. The van der Waals surface area contributed by atoms with E-state index < -0.39 is 10.7 Å². The van der Waals surface area contributed by atoms with Gasteiger partial charge in [-0.2, -0.15) is 0 Å². The van der Waals surface area contributed by atoms with E-state index in [9.17, 15) is 14.5 Å². The van der Waals surface area contributed by atoms with Crippen LogP contribution < -0.4 is 10.1 Å². The molecule has 0 saturated carbocycles. The molecule has 0 fully saturated rings. The van der Waals surface area contributed by atoms with Gasteiger partial charge in [-0.15, -0.1) is 0 Å². The van der Waals surface area contributed by atoms with Crippen LogP contribution >= 0.6 is 15.9 Å². The van der Waals surface area contributed by atoms with Gasteiger partial charge >= 0.3 is 0 Å². The molecule has 0 spiro atoms. The first-order valence-corrected chi connectivity index (χ1v) is 6.84. The molecule has 7 heteroatoms. The highest BCUT2D eigenvalue weighted by atomic mass is 79.9. The van der Waals surface area contributed by atoms with E-state index in [4.69, 9.17) is 4.74 Å². The molecule has 0 amide bonds. The molecule has 0 aliphatic carbocycles. The van der Waals surface area contributed by atoms with Crippen LogP contribution in [0.5, 0.6) is 5.75 Å². The molecule has 0 heterocycles. The van der Waals surface area contributed by atoms with E-state index in [1.807, 2.05) is 0 Å². The summed E-state index contributed by atoms with van der Waals surface area (Å²) in [7, 11) is 1.59. The lowest BCUT2D eigenvalue weighted by Crippen LogP contribution is -2.04. The zero-order chi connectivity index (χ0) is 15.4. The normalized spacial score (nSPS) is 10.2. The maximum atomic E-state index is 13.7. The Morgan fingerprint density at radius 1 is 1.38 bits per heavy atom. The van der Waals surface area contributed by atoms with Crippen molar-refractivity contribution in [2.24, 2.45) is 0 Å². The van der Waals surface area contributed by atoms with E-state index in [0.717, 1.165) is 0 Å². The van der Waals surface area contributed by atoms with Gasteiger partial charge in [0, 0.05) is 23.2 Å². The van der Waals surface area contributed by atoms with Gasteiger partial charge in [-0.25, -0.2) is 4.39 Å². The molecule has 0 aliphatic rings. The Morgan fingerprint density at radius 3 is 2.76 bits per heavy atom. The summed E-state index contributed by atoms with van der Waals surface area (Å²) >= 11 is 3.16. The fraction of sp³-hybridized carbons (Fsp3) is 0.143. The third kappa shape index (κ3) is 3.49. The predicted octanol–water partition coefficient (Wildman–Crippen LogP) is 4.12. The Bertz CT molecular complexity index is 679. The Kier molecular flexibility index (Phi) is 4.74. The van der Waals surface area contributed by atoms with Crippen molar-refractivity contribution in [3.05, 3.63) is 62.4 Å². The molecule has 5 nitrogen and oxygen atoms in total. The molecule has 0 aliphatic heterocycles. The van der Waals surface area contributed by atoms with Crippen molar-refractivity contribution < 1.29 is 14.1 Å². The van der Waals surface area contributed by atoms with Crippen LogP contribution in [0.2, 0.25) is 0 Å². The van der Waals surface area contributed by atoms with Gasteiger partial charge in [0.2, 0.25) is 0 Å². The molecule has 1 N–H and O–H groups in total. The number of benzene rings is 2. The van der Waals surface area contributed by atoms with Crippen molar-refractivity contribution in [1.82, 2.24) is 0 Å². The van der Waals surface area contributed by atoms with E-state index in [1.54, 1.807) is 25.2 Å². The second-order valence-corrected chi connectivity index (χ2v) is 5.10. The molecule has 0 atom stereocenters. The topological polar surface area (TPSA) is 64.4 Å². The lowest BCUT2D eigenvalue weighted by molar-refractivity contribution is -0.384. The molecule has 0 radical (unpaired) electrons. The Balaban J connectivity index is 2.24. The van der Waals surface area contributed by atoms with E-state index in [1.165, 1.54) is 18.2 Å². The number of para-hydroxylation sites is 1. The highest BCUT2D eigenvalue weighted by Gasteiger charge is 2.16. The smallest absolute Gasteiger partial charge is 0.292 e. The average molecular weight is 355 g/mol. The number of hydrogen-bond acceptors (Lipinski definition) is 4. The molecular formula is C14H12BrFN2O3. The Labute approximate surface area is 129 Å². The van der Waals surface area contributed by atoms with Crippen LogP contribution in [-0.4, -0.2) is 12.0 Å². The van der Waals surface area contributed by atoms with Gasteiger partial charge in [0.15, 0.2) is 11.6 Å². The van der Waals surface area contributed by atoms with Crippen molar-refractivity contribution in [2.45, 2.75) is 6.61 Å². The fourth-order valence-electron chi connectivity index (χ4n) is 1.90. The molecule has 110 valence electrons. The van der Waals surface area contributed by atoms with Crippen LogP contribution in [0.1, 0.15) is 5.56 Å². The minimum absolute atomic E-state index is 0.0242. The minimum atomic E-state index is -0.499. The minimum Gasteiger partial charge on any atom is -0.486 e. The number of nitro benzene ring substituents is 1. The molecular weight excluding hydrogens is 343 g/mol. The molecule has 21 heavy (non-hydrogen) atoms. The summed E-state index contributed by atoms with van der Waals surface area (Å²) in [5, 5.41) is 13.7. The zero-order valence-corrected chi connectivity index (χ0v) is 12.7. The van der Waals surface area contributed by atoms with Gasteiger partial charge in [-0.1, -0.05) is 28.1 Å². The number of nitrogens with one attached hydrogen (secondary N) is 1. The molecule has 2 aromatic rings. The van der Waals surface area contributed by atoms with Gasteiger partial charge in [-0.05, 0) is 18.2 Å². The standard InChI is InChI=1S/C14H12BrFN2O3/c1-17-14-9(3-2-4-12(14)18(19)20)8-21-13-6-5-10(15)7-11(13)16/h2-7,17H,8H2,1H3. The summed E-state index contributed by atoms with van der Waals surface area (Å²) in [6.07, 6.45) is 0. The highest BCUT2D eigenvalue weighted by molar-refractivity contribution is 9.10. The lowest BCUT2D eigenvalue weighted by atomic mass is 10.1. The summed E-state index contributed by atoms with van der Waals surface area (Å²) < 4.78 is 19.7. The average Bonchev–Trinajstić information content (AvgIpc) is 2.45. The third-order valence-corrected chi connectivity index (χ3v) is 3.35. The highest BCUT2D eigenvalue weighted by Crippen LogP contribution is 2.29. The lowest BCUT2D eigenvalue weighted by Gasteiger charge is -2.11. The summed E-state index contributed by atoms with van der Waals surface area (Å²) in [6.45, 7) is 0.0242. The first-order valence-electron chi connectivity index (χ1n) is 6.05. The van der Waals surface area contributed by atoms with E-state index in [2.05, 4.69) is 21.2 Å². The van der Waals surface area contributed by atoms with Gasteiger partial charge in [0.05, 0.1) is 4.92 Å². The van der Waals surface area contributed by atoms with Crippen LogP contribution in [0.4, 0.5) is 15.8 Å². The maximum Gasteiger partial charge on any atom is 0.292 e. The molecule has 2 aromatic carbocycles. The van der Waals surface area contributed by atoms with Crippen LogP contribution in [0.15, 0.2) is 40.9 Å².